The number of carbonyl (C=O) groups excluding carboxylic acids is 1. The van der Waals surface area contributed by atoms with Crippen LogP contribution in [0, 0.1) is 11.6 Å². The molecule has 5 rings (SSSR count). The van der Waals surface area contributed by atoms with Crippen molar-refractivity contribution >= 4 is 43.9 Å². The molecule has 4 aromatic heterocycles. The molecule has 1 aromatic carbocycles. The van der Waals surface area contributed by atoms with E-state index in [1.165, 1.54) is 17.5 Å². The maximum absolute atomic E-state index is 15.2. The molecule has 0 bridgehead atoms. The smallest absolute Gasteiger partial charge is 0.232 e. The van der Waals surface area contributed by atoms with Gasteiger partial charge in [-0.15, -0.1) is 11.3 Å². The summed E-state index contributed by atoms with van der Waals surface area (Å²) in [5.41, 5.74) is 0.538. The van der Waals surface area contributed by atoms with Crippen molar-refractivity contribution in [3.05, 3.63) is 77.8 Å². The first-order valence-corrected chi connectivity index (χ1v) is 13.3. The van der Waals surface area contributed by atoms with Crippen molar-refractivity contribution in [1.29, 1.82) is 0 Å². The number of halogens is 2. The summed E-state index contributed by atoms with van der Waals surface area (Å²) in [5, 5.41) is 7.31. The number of aromatic amines is 2. The van der Waals surface area contributed by atoms with E-state index in [0.717, 1.165) is 27.6 Å². The highest BCUT2D eigenvalue weighted by atomic mass is 32.2. The first-order chi connectivity index (χ1) is 17.3. The molecule has 0 fully saturated rings. The second kappa shape index (κ2) is 9.28. The number of benzene rings is 1. The third-order valence-corrected chi connectivity index (χ3v) is 8.11. The minimum Gasteiger partial charge on any atom is -0.345 e. The molecule has 8 nitrogen and oxygen atoms in total. The van der Waals surface area contributed by atoms with Gasteiger partial charge in [0.2, 0.25) is 15.8 Å². The standard InChI is InChI=1S/C24H19F2N5O3S2/c1-2-9-36(33,34)31-18-4-3-16(25)21(22(18)26)23(32)15-12-28-24-14(15)10-13(11-27-24)19-5-6-20(35-19)17-7-8-29-30-17/h3-8,10-12,31H,2,9H2,1H3,(H,27,28)(H,29,30). The molecule has 0 spiro atoms. The Labute approximate surface area is 208 Å². The zero-order valence-electron chi connectivity index (χ0n) is 18.8. The van der Waals surface area contributed by atoms with Crippen molar-refractivity contribution in [2.45, 2.75) is 13.3 Å². The van der Waals surface area contributed by atoms with Crippen LogP contribution in [0.4, 0.5) is 14.5 Å². The third kappa shape index (κ3) is 4.40. The largest absolute Gasteiger partial charge is 0.345 e. The Morgan fingerprint density at radius 2 is 1.94 bits per heavy atom. The van der Waals surface area contributed by atoms with Gasteiger partial charge >= 0.3 is 0 Å². The highest BCUT2D eigenvalue weighted by Crippen LogP contribution is 2.35. The van der Waals surface area contributed by atoms with Crippen LogP contribution in [0.25, 0.3) is 32.0 Å². The predicted molar refractivity (Wildman–Crippen MR) is 134 cm³/mol. The van der Waals surface area contributed by atoms with Gasteiger partial charge in [0, 0.05) is 40.0 Å². The van der Waals surface area contributed by atoms with Crippen LogP contribution in [0.1, 0.15) is 29.3 Å². The maximum Gasteiger partial charge on any atom is 0.232 e. The lowest BCUT2D eigenvalue weighted by Crippen LogP contribution is -2.18. The number of H-pyrrole nitrogens is 2. The van der Waals surface area contributed by atoms with E-state index in [-0.39, 0.29) is 11.3 Å². The number of nitrogens with one attached hydrogen (secondary N) is 3. The van der Waals surface area contributed by atoms with Gasteiger partial charge in [-0.3, -0.25) is 14.6 Å². The molecule has 0 unspecified atom stereocenters. The number of ketones is 1. The lowest BCUT2D eigenvalue weighted by molar-refractivity contribution is 0.103. The van der Waals surface area contributed by atoms with Crippen molar-refractivity contribution in [3.8, 4) is 21.0 Å². The van der Waals surface area contributed by atoms with Crippen molar-refractivity contribution < 1.29 is 22.0 Å². The molecule has 0 saturated carbocycles. The van der Waals surface area contributed by atoms with Gasteiger partial charge in [0.05, 0.1) is 21.9 Å². The molecule has 3 N–H and O–H groups in total. The van der Waals surface area contributed by atoms with Gasteiger partial charge in [0.1, 0.15) is 17.2 Å². The first-order valence-electron chi connectivity index (χ1n) is 10.9. The van der Waals surface area contributed by atoms with E-state index >= 15 is 4.39 Å². The van der Waals surface area contributed by atoms with Crippen LogP contribution >= 0.6 is 11.3 Å². The maximum atomic E-state index is 15.2. The Kier molecular flexibility index (Phi) is 6.14. The van der Waals surface area contributed by atoms with Crippen LogP contribution in [0.3, 0.4) is 0 Å². The van der Waals surface area contributed by atoms with Crippen molar-refractivity contribution in [3.63, 3.8) is 0 Å². The number of fused-ring (bicyclic) bond motifs is 1. The Morgan fingerprint density at radius 1 is 1.14 bits per heavy atom. The van der Waals surface area contributed by atoms with E-state index in [4.69, 9.17) is 0 Å². The molecule has 0 saturated heterocycles. The molecule has 0 radical (unpaired) electrons. The number of hydrogen-bond donors (Lipinski definition) is 3. The average Bonchev–Trinajstić information content (AvgIpc) is 3.60. The normalized spacial score (nSPS) is 11.8. The van der Waals surface area contributed by atoms with Gasteiger partial charge in [0.25, 0.3) is 0 Å². The number of thiophene rings is 1. The van der Waals surface area contributed by atoms with Gasteiger partial charge in [-0.25, -0.2) is 22.2 Å². The van der Waals surface area contributed by atoms with E-state index in [0.29, 0.717) is 23.0 Å². The topological polar surface area (TPSA) is 121 Å². The summed E-state index contributed by atoms with van der Waals surface area (Å²) in [6, 6.07) is 9.20. The minimum absolute atomic E-state index is 0.00907. The van der Waals surface area contributed by atoms with Crippen LogP contribution in [-0.2, 0) is 10.0 Å². The zero-order chi connectivity index (χ0) is 25.4. The quantitative estimate of drug-likeness (QED) is 0.235. The van der Waals surface area contributed by atoms with E-state index < -0.39 is 38.7 Å². The summed E-state index contributed by atoms with van der Waals surface area (Å²) in [6.45, 7) is 1.66. The van der Waals surface area contributed by atoms with E-state index in [2.05, 4.69) is 24.9 Å². The minimum atomic E-state index is -3.85. The average molecular weight is 528 g/mol. The SMILES string of the molecule is CCCS(=O)(=O)Nc1ccc(F)c(C(=O)c2c[nH]c3ncc(-c4ccc(-c5cc[nH]n5)s4)cc23)c1F. The van der Waals surface area contributed by atoms with E-state index in [1.807, 2.05) is 18.2 Å². The molecular weight excluding hydrogens is 508 g/mol. The fourth-order valence-electron chi connectivity index (χ4n) is 3.82. The molecule has 36 heavy (non-hydrogen) atoms. The lowest BCUT2D eigenvalue weighted by Gasteiger charge is -2.11. The number of hydrogen-bond acceptors (Lipinski definition) is 6. The first kappa shape index (κ1) is 23.8. The Balaban J connectivity index is 1.53. The molecular formula is C24H19F2N5O3S2. The second-order valence-electron chi connectivity index (χ2n) is 7.98. The molecule has 12 heteroatoms. The summed E-state index contributed by atoms with van der Waals surface area (Å²) in [7, 11) is -3.85. The zero-order valence-corrected chi connectivity index (χ0v) is 20.4. The predicted octanol–water partition coefficient (Wildman–Crippen LogP) is 5.34. The van der Waals surface area contributed by atoms with Crippen LogP contribution in [0.5, 0.6) is 0 Å². The number of carbonyl (C=O) groups is 1. The van der Waals surface area contributed by atoms with Crippen molar-refractivity contribution in [1.82, 2.24) is 20.2 Å². The van der Waals surface area contributed by atoms with Crippen molar-refractivity contribution in [2.24, 2.45) is 0 Å². The highest BCUT2D eigenvalue weighted by Gasteiger charge is 2.26. The Morgan fingerprint density at radius 3 is 2.69 bits per heavy atom. The molecule has 0 amide bonds. The number of nitrogens with zero attached hydrogens (tertiary/aromatic N) is 2. The summed E-state index contributed by atoms with van der Waals surface area (Å²) < 4.78 is 56.2. The number of rotatable bonds is 8. The van der Waals surface area contributed by atoms with Crippen LogP contribution < -0.4 is 4.72 Å². The highest BCUT2D eigenvalue weighted by molar-refractivity contribution is 7.92. The third-order valence-electron chi connectivity index (χ3n) is 5.48. The monoisotopic (exact) mass is 527 g/mol. The molecule has 0 aliphatic heterocycles. The van der Waals surface area contributed by atoms with Crippen LogP contribution in [-0.4, -0.2) is 40.1 Å². The van der Waals surface area contributed by atoms with Gasteiger partial charge in [0.15, 0.2) is 5.82 Å². The summed E-state index contributed by atoms with van der Waals surface area (Å²) in [5.74, 6) is -3.55. The number of aromatic nitrogens is 4. The van der Waals surface area contributed by atoms with Gasteiger partial charge in [-0.1, -0.05) is 6.92 Å². The fraction of sp³-hybridized carbons (Fsp3) is 0.125. The number of anilines is 1. The summed E-state index contributed by atoms with van der Waals surface area (Å²) in [4.78, 5) is 22.3. The van der Waals surface area contributed by atoms with Gasteiger partial charge in [-0.05, 0) is 42.8 Å². The fourth-order valence-corrected chi connectivity index (χ4v) is 5.90. The Hall–Kier alpha value is -3.90. The molecule has 0 aliphatic carbocycles. The summed E-state index contributed by atoms with van der Waals surface area (Å²) in [6.07, 6.45) is 5.00. The van der Waals surface area contributed by atoms with E-state index in [9.17, 15) is 17.6 Å². The molecule has 184 valence electrons. The van der Waals surface area contributed by atoms with E-state index in [1.54, 1.807) is 25.4 Å². The Bertz CT molecular complexity index is 1690. The molecule has 5 aromatic rings. The number of sulfonamides is 1. The van der Waals surface area contributed by atoms with Gasteiger partial charge in [-0.2, -0.15) is 5.10 Å². The molecule has 0 atom stereocenters. The number of pyridine rings is 1. The summed E-state index contributed by atoms with van der Waals surface area (Å²) >= 11 is 1.48. The second-order valence-corrected chi connectivity index (χ2v) is 10.9. The van der Waals surface area contributed by atoms with Crippen LogP contribution in [0.15, 0.2) is 55.0 Å². The lowest BCUT2D eigenvalue weighted by atomic mass is 10.0. The molecule has 0 aliphatic rings. The van der Waals surface area contributed by atoms with Crippen LogP contribution in [0.2, 0.25) is 0 Å². The van der Waals surface area contributed by atoms with Gasteiger partial charge < -0.3 is 4.98 Å². The van der Waals surface area contributed by atoms with Crippen molar-refractivity contribution in [2.75, 3.05) is 10.5 Å². The molecule has 4 heterocycles.